The number of carboxylic acids is 1. The lowest BCUT2D eigenvalue weighted by Gasteiger charge is -2.16. The highest BCUT2D eigenvalue weighted by molar-refractivity contribution is 5.89. The van der Waals surface area contributed by atoms with E-state index in [-0.39, 0.29) is 26.2 Å². The summed E-state index contributed by atoms with van der Waals surface area (Å²) in [4.78, 5) is 32.7. The molecule has 16 heavy (non-hydrogen) atoms. The molecule has 1 unspecified atom stereocenters. The molecule has 92 valence electrons. The summed E-state index contributed by atoms with van der Waals surface area (Å²) < 4.78 is 6.90. The van der Waals surface area contributed by atoms with Gasteiger partial charge in [0.05, 0.1) is 6.04 Å². The second-order valence-electron chi connectivity index (χ2n) is 3.29. The van der Waals surface area contributed by atoms with Crippen molar-refractivity contribution in [3.63, 3.8) is 0 Å². The molecule has 0 bridgehead atoms. The highest BCUT2D eigenvalue weighted by atomic mass is 16.4. The molecule has 0 spiro atoms. The van der Waals surface area contributed by atoms with Crippen LogP contribution >= 0.6 is 0 Å². The smallest absolute Gasteiger partial charge is 0.303 e. The number of carbonyl (C=O) groups excluding carboxylic acids is 2. The van der Waals surface area contributed by atoms with Gasteiger partial charge in [0, 0.05) is 7.79 Å². The zero-order valence-electron chi connectivity index (χ0n) is 9.81. The normalized spacial score (nSPS) is 14.7. The topological polar surface area (TPSA) is 136 Å². The van der Waals surface area contributed by atoms with Crippen molar-refractivity contribution in [3.05, 3.63) is 0 Å². The molecule has 0 aromatic heterocycles. The molecular formula is C9H17N3O4. The van der Waals surface area contributed by atoms with Crippen molar-refractivity contribution in [3.8, 4) is 0 Å². The number of hydrogen-bond donors (Lipinski definition) is 4. The third-order valence-electron chi connectivity index (χ3n) is 1.95. The maximum atomic E-state index is 11.4. The lowest BCUT2D eigenvalue weighted by atomic mass is 10.1. The van der Waals surface area contributed by atoms with Crippen molar-refractivity contribution in [2.75, 3.05) is 0 Å². The Kier molecular flexibility index (Phi) is 5.27. The van der Waals surface area contributed by atoms with Crippen molar-refractivity contribution in [1.29, 1.82) is 0 Å². The summed E-state index contributed by atoms with van der Waals surface area (Å²) in [6, 6.07) is -1.94. The van der Waals surface area contributed by atoms with Gasteiger partial charge in [-0.1, -0.05) is 6.90 Å². The minimum absolute atomic E-state index is 0.00898. The molecule has 0 saturated carbocycles. The van der Waals surface area contributed by atoms with Crippen molar-refractivity contribution in [1.82, 2.24) is 5.32 Å². The van der Waals surface area contributed by atoms with Crippen molar-refractivity contribution in [2.45, 2.75) is 38.2 Å². The Bertz CT molecular complexity index is 298. The summed E-state index contributed by atoms with van der Waals surface area (Å²) in [6.07, 6.45) is -0.193. The van der Waals surface area contributed by atoms with Crippen LogP contribution in [0.15, 0.2) is 0 Å². The first-order chi connectivity index (χ1) is 7.88. The molecular weight excluding hydrogens is 214 g/mol. The molecule has 0 aliphatic carbocycles. The van der Waals surface area contributed by atoms with Crippen LogP contribution in [0.2, 0.25) is 0 Å². The van der Waals surface area contributed by atoms with Gasteiger partial charge in [0.1, 0.15) is 6.04 Å². The zero-order valence-corrected chi connectivity index (χ0v) is 8.81. The molecule has 0 rings (SSSR count). The number of nitrogens with one attached hydrogen (secondary N) is 1. The van der Waals surface area contributed by atoms with Gasteiger partial charge in [-0.15, -0.1) is 0 Å². The van der Waals surface area contributed by atoms with Gasteiger partial charge in [0.25, 0.3) is 0 Å². The Labute approximate surface area is 94.6 Å². The number of carbonyl (C=O) groups is 3. The van der Waals surface area contributed by atoms with Gasteiger partial charge in [0.15, 0.2) is 0 Å². The predicted molar refractivity (Wildman–Crippen MR) is 56.3 cm³/mol. The zero-order chi connectivity index (χ0) is 13.4. The van der Waals surface area contributed by atoms with Crippen LogP contribution in [0.5, 0.6) is 0 Å². The predicted octanol–water partition coefficient (Wildman–Crippen LogP) is -1.44. The van der Waals surface area contributed by atoms with Crippen LogP contribution in [0.1, 0.15) is 27.5 Å². The number of rotatable bonds is 7. The Morgan fingerprint density at radius 3 is 2.56 bits per heavy atom. The van der Waals surface area contributed by atoms with Crippen molar-refractivity contribution < 1.29 is 20.9 Å². The molecule has 7 heteroatoms. The van der Waals surface area contributed by atoms with Crippen LogP contribution < -0.4 is 16.8 Å². The van der Waals surface area contributed by atoms with Crippen molar-refractivity contribution >= 4 is 17.8 Å². The largest absolute Gasteiger partial charge is 0.481 e. The highest BCUT2D eigenvalue weighted by Crippen LogP contribution is 1.98. The number of primary amides is 1. The van der Waals surface area contributed by atoms with Gasteiger partial charge in [0.2, 0.25) is 11.8 Å². The molecule has 0 radical (unpaired) electrons. The number of amides is 2. The van der Waals surface area contributed by atoms with E-state index in [0.29, 0.717) is 0 Å². The summed E-state index contributed by atoms with van der Waals surface area (Å²) >= 11 is 0. The van der Waals surface area contributed by atoms with E-state index in [2.05, 4.69) is 5.32 Å². The van der Waals surface area contributed by atoms with Crippen LogP contribution in [0.4, 0.5) is 0 Å². The fourth-order valence-corrected chi connectivity index (χ4v) is 0.963. The number of aliphatic carboxylic acids is 1. The lowest BCUT2D eigenvalue weighted by molar-refractivity contribution is -0.137. The van der Waals surface area contributed by atoms with E-state index in [1.165, 1.54) is 0 Å². The second kappa shape index (κ2) is 6.78. The summed E-state index contributed by atoms with van der Waals surface area (Å²) in [7, 11) is 0. The summed E-state index contributed by atoms with van der Waals surface area (Å²) in [6.45, 7) is -0.00898. The Morgan fingerprint density at radius 1 is 1.50 bits per heavy atom. The SMILES string of the molecule is [2H]CCC(N)C(=O)N[C@@H](CCC(=O)O)C(N)=O. The molecule has 0 fully saturated rings. The van der Waals surface area contributed by atoms with Crippen LogP contribution in [-0.2, 0) is 14.4 Å². The molecule has 6 N–H and O–H groups in total. The van der Waals surface area contributed by atoms with E-state index >= 15 is 0 Å². The summed E-state index contributed by atoms with van der Waals surface area (Å²) in [5.41, 5.74) is 10.5. The van der Waals surface area contributed by atoms with Gasteiger partial charge in [-0.25, -0.2) is 0 Å². The van der Waals surface area contributed by atoms with E-state index < -0.39 is 29.9 Å². The number of carboxylic acid groups (broad SMARTS) is 1. The van der Waals surface area contributed by atoms with E-state index in [0.717, 1.165) is 0 Å². The molecule has 2 atom stereocenters. The first-order valence-corrected chi connectivity index (χ1v) is 4.74. The standard InChI is InChI=1S/C9H17N3O4/c1-2-5(10)9(16)12-6(8(11)15)3-4-7(13)14/h5-6H,2-4,10H2,1H3,(H2,11,15)(H,12,16)(H,13,14)/t5?,6-/m0/s1/i1D. The van der Waals surface area contributed by atoms with Gasteiger partial charge in [-0.2, -0.15) is 0 Å². The molecule has 7 nitrogen and oxygen atoms in total. The third kappa shape index (κ3) is 5.30. The van der Waals surface area contributed by atoms with E-state index in [4.69, 9.17) is 17.9 Å². The molecule has 0 aliphatic heterocycles. The first kappa shape index (κ1) is 12.4. The quantitative estimate of drug-likeness (QED) is 0.426. The van der Waals surface area contributed by atoms with Gasteiger partial charge < -0.3 is 21.9 Å². The maximum Gasteiger partial charge on any atom is 0.303 e. The van der Waals surface area contributed by atoms with Crippen LogP contribution in [0, 0.1) is 0 Å². The minimum Gasteiger partial charge on any atom is -0.481 e. The van der Waals surface area contributed by atoms with Gasteiger partial charge in [-0.3, -0.25) is 14.4 Å². The lowest BCUT2D eigenvalue weighted by Crippen LogP contribution is -2.50. The molecule has 0 saturated heterocycles. The molecule has 0 aromatic rings. The summed E-state index contributed by atoms with van der Waals surface area (Å²) in [5.74, 6) is -2.50. The van der Waals surface area contributed by atoms with Crippen molar-refractivity contribution in [2.24, 2.45) is 11.5 Å². The molecule has 0 heterocycles. The van der Waals surface area contributed by atoms with Crippen LogP contribution in [0.3, 0.4) is 0 Å². The van der Waals surface area contributed by atoms with Gasteiger partial charge in [-0.05, 0) is 12.8 Å². The minimum atomic E-state index is -1.08. The second-order valence-corrected chi connectivity index (χ2v) is 3.29. The summed E-state index contributed by atoms with van der Waals surface area (Å²) in [5, 5.41) is 10.7. The average Bonchev–Trinajstić information content (AvgIpc) is 2.23. The molecule has 0 aromatic carbocycles. The first-order valence-electron chi connectivity index (χ1n) is 5.45. The molecule has 2 amide bonds. The maximum absolute atomic E-state index is 11.4. The van der Waals surface area contributed by atoms with Gasteiger partial charge >= 0.3 is 5.97 Å². The molecule has 0 aliphatic rings. The number of hydrogen-bond acceptors (Lipinski definition) is 4. The fraction of sp³-hybridized carbons (Fsp3) is 0.667. The fourth-order valence-electron chi connectivity index (χ4n) is 0.963. The highest BCUT2D eigenvalue weighted by Gasteiger charge is 2.21. The van der Waals surface area contributed by atoms with Crippen LogP contribution in [-0.4, -0.2) is 35.0 Å². The number of nitrogens with two attached hydrogens (primary N) is 2. The monoisotopic (exact) mass is 232 g/mol. The van der Waals surface area contributed by atoms with E-state index in [1.54, 1.807) is 0 Å². The third-order valence-corrected chi connectivity index (χ3v) is 1.95. The van der Waals surface area contributed by atoms with E-state index in [1.807, 2.05) is 0 Å². The van der Waals surface area contributed by atoms with E-state index in [9.17, 15) is 14.4 Å². The average molecular weight is 232 g/mol. The Balaban J connectivity index is 4.29. The van der Waals surface area contributed by atoms with Crippen LogP contribution in [0.25, 0.3) is 0 Å². The Hall–Kier alpha value is -1.63. The Morgan fingerprint density at radius 2 is 2.12 bits per heavy atom.